The molecule has 1 aliphatic carbocycles. The number of hydrogen-bond acceptors (Lipinski definition) is 6. The summed E-state index contributed by atoms with van der Waals surface area (Å²) >= 11 is 0. The van der Waals surface area contributed by atoms with E-state index in [2.05, 4.69) is 53.1 Å². The zero-order chi connectivity index (χ0) is 19.7. The van der Waals surface area contributed by atoms with Crippen molar-refractivity contribution in [2.24, 2.45) is 5.92 Å². The molecule has 1 aromatic heterocycles. The largest absolute Gasteiger partial charge is 0.388 e. The molecule has 2 fully saturated rings. The first-order chi connectivity index (χ1) is 13.5. The highest BCUT2D eigenvalue weighted by Gasteiger charge is 2.24. The van der Waals surface area contributed by atoms with E-state index in [9.17, 15) is 0 Å². The van der Waals surface area contributed by atoms with Crippen LogP contribution in [0.4, 0.5) is 5.69 Å². The number of piperazine rings is 1. The molecule has 1 aromatic carbocycles. The third-order valence-corrected chi connectivity index (χ3v) is 6.15. The molecule has 6 heteroatoms. The summed E-state index contributed by atoms with van der Waals surface area (Å²) < 4.78 is 0. The number of allylic oxidation sites excluding steroid dienone is 1. The molecule has 1 saturated carbocycles. The number of anilines is 1. The fraction of sp³-hybridized carbons (Fsp3) is 0.500. The minimum atomic E-state index is 0.518. The van der Waals surface area contributed by atoms with Gasteiger partial charge in [0.1, 0.15) is 0 Å². The molecule has 2 aliphatic rings. The summed E-state index contributed by atoms with van der Waals surface area (Å²) in [5.74, 6) is 0.797. The van der Waals surface area contributed by atoms with Gasteiger partial charge in [0.15, 0.2) is 0 Å². The molecule has 2 N–H and O–H groups in total. The Labute approximate surface area is 167 Å². The molecule has 4 rings (SSSR count). The van der Waals surface area contributed by atoms with Gasteiger partial charge in [0.05, 0.1) is 22.9 Å². The Morgan fingerprint density at radius 3 is 2.75 bits per heavy atom. The second-order valence-electron chi connectivity index (χ2n) is 8.39. The summed E-state index contributed by atoms with van der Waals surface area (Å²) in [7, 11) is 2.18. The molecule has 0 spiro atoms. The van der Waals surface area contributed by atoms with Crippen LogP contribution in [0.5, 0.6) is 0 Å². The Bertz CT molecular complexity index is 886. The monoisotopic (exact) mass is 378 g/mol. The lowest BCUT2D eigenvalue weighted by molar-refractivity contribution is 0.234. The molecule has 28 heavy (non-hydrogen) atoms. The van der Waals surface area contributed by atoms with Crippen LogP contribution in [0.1, 0.15) is 32.4 Å². The van der Waals surface area contributed by atoms with Crippen molar-refractivity contribution in [2.75, 3.05) is 31.6 Å². The first-order valence-corrected chi connectivity index (χ1v) is 10.2. The highest BCUT2D eigenvalue weighted by atomic mass is 15.3. The van der Waals surface area contributed by atoms with Gasteiger partial charge in [-0.3, -0.25) is 4.98 Å². The van der Waals surface area contributed by atoms with E-state index in [1.165, 1.54) is 24.7 Å². The molecule has 148 valence electrons. The molecular formula is C22H30N6. The van der Waals surface area contributed by atoms with Crippen molar-refractivity contribution < 1.29 is 0 Å². The van der Waals surface area contributed by atoms with Crippen LogP contribution < -0.4 is 10.2 Å². The van der Waals surface area contributed by atoms with Gasteiger partial charge in [-0.15, -0.1) is 0 Å². The first kappa shape index (κ1) is 18.9. The van der Waals surface area contributed by atoms with Gasteiger partial charge < -0.3 is 20.5 Å². The van der Waals surface area contributed by atoms with Crippen molar-refractivity contribution in [3.63, 3.8) is 0 Å². The normalized spacial score (nSPS) is 26.2. The molecule has 1 saturated heterocycles. The lowest BCUT2D eigenvalue weighted by atomic mass is 9.82. The van der Waals surface area contributed by atoms with Crippen LogP contribution in [0, 0.1) is 11.3 Å². The van der Waals surface area contributed by atoms with E-state index < -0.39 is 0 Å². The molecule has 0 radical (unpaired) electrons. The van der Waals surface area contributed by atoms with E-state index in [1.807, 2.05) is 12.3 Å². The van der Waals surface area contributed by atoms with Gasteiger partial charge >= 0.3 is 0 Å². The standard InChI is InChI=1S/C22H30N6/c1-15-8-18(9-15)24-12-17(11-23)22-13-25-20-5-4-19(10-21(20)26-22)28-7-6-27(3)16(2)14-28/h4-5,10-13,15-16,18,23-24H,6-9,14H2,1-3H3/b17-12+,23-11?/t15?,16-,18?/m1/s1. The summed E-state index contributed by atoms with van der Waals surface area (Å²) in [6.45, 7) is 7.64. The van der Waals surface area contributed by atoms with Gasteiger partial charge in [0.25, 0.3) is 0 Å². The van der Waals surface area contributed by atoms with E-state index in [1.54, 1.807) is 6.20 Å². The van der Waals surface area contributed by atoms with E-state index >= 15 is 0 Å². The van der Waals surface area contributed by atoms with Crippen molar-refractivity contribution in [1.82, 2.24) is 20.2 Å². The van der Waals surface area contributed by atoms with E-state index in [-0.39, 0.29) is 0 Å². The number of aromatic nitrogens is 2. The van der Waals surface area contributed by atoms with Gasteiger partial charge in [0.2, 0.25) is 0 Å². The fourth-order valence-corrected chi connectivity index (χ4v) is 4.05. The summed E-state index contributed by atoms with van der Waals surface area (Å²) in [6, 6.07) is 7.37. The molecule has 2 aromatic rings. The molecule has 6 nitrogen and oxygen atoms in total. The van der Waals surface area contributed by atoms with Crippen LogP contribution in [-0.4, -0.2) is 59.8 Å². The number of hydrogen-bond donors (Lipinski definition) is 2. The maximum Gasteiger partial charge on any atom is 0.0922 e. The van der Waals surface area contributed by atoms with Crippen molar-refractivity contribution in [2.45, 2.75) is 38.8 Å². The highest BCUT2D eigenvalue weighted by Crippen LogP contribution is 2.27. The Kier molecular flexibility index (Phi) is 5.31. The van der Waals surface area contributed by atoms with Crippen molar-refractivity contribution >= 4 is 28.5 Å². The summed E-state index contributed by atoms with van der Waals surface area (Å²) in [4.78, 5) is 14.2. The molecular weight excluding hydrogens is 348 g/mol. The second-order valence-corrected chi connectivity index (χ2v) is 8.39. The van der Waals surface area contributed by atoms with Gasteiger partial charge in [-0.1, -0.05) is 6.92 Å². The summed E-state index contributed by atoms with van der Waals surface area (Å²) in [5, 5.41) is 11.2. The highest BCUT2D eigenvalue weighted by molar-refractivity contribution is 6.07. The Hall–Kier alpha value is -2.47. The van der Waals surface area contributed by atoms with Gasteiger partial charge in [-0.05, 0) is 50.9 Å². The van der Waals surface area contributed by atoms with Crippen molar-refractivity contribution in [3.8, 4) is 0 Å². The number of fused-ring (bicyclic) bond motifs is 1. The van der Waals surface area contributed by atoms with E-state index in [0.717, 1.165) is 47.9 Å². The Balaban J connectivity index is 1.56. The molecule has 2 heterocycles. The number of rotatable bonds is 5. The lowest BCUT2D eigenvalue weighted by Crippen LogP contribution is -2.50. The first-order valence-electron chi connectivity index (χ1n) is 10.2. The van der Waals surface area contributed by atoms with E-state index in [0.29, 0.717) is 12.1 Å². The minimum Gasteiger partial charge on any atom is -0.388 e. The predicted molar refractivity (Wildman–Crippen MR) is 116 cm³/mol. The average Bonchev–Trinajstić information content (AvgIpc) is 2.68. The number of likely N-dealkylation sites (N-methyl/N-ethyl adjacent to an activating group) is 1. The number of nitrogens with one attached hydrogen (secondary N) is 2. The lowest BCUT2D eigenvalue weighted by Gasteiger charge is -2.39. The van der Waals surface area contributed by atoms with Gasteiger partial charge in [0, 0.05) is 55.4 Å². The van der Waals surface area contributed by atoms with Crippen LogP contribution in [0.15, 0.2) is 30.6 Å². The van der Waals surface area contributed by atoms with Crippen LogP contribution in [-0.2, 0) is 0 Å². The SMILES string of the molecule is CC1CC(N/C=C(\C=N)c2cnc3ccc(N4CCN(C)[C@H](C)C4)cc3n2)C1. The van der Waals surface area contributed by atoms with Crippen LogP contribution in [0.25, 0.3) is 16.6 Å². The number of benzene rings is 1. The van der Waals surface area contributed by atoms with Crippen LogP contribution >= 0.6 is 0 Å². The maximum absolute atomic E-state index is 7.79. The smallest absolute Gasteiger partial charge is 0.0922 e. The maximum atomic E-state index is 7.79. The van der Waals surface area contributed by atoms with Crippen LogP contribution in [0.3, 0.4) is 0 Å². The van der Waals surface area contributed by atoms with Crippen molar-refractivity contribution in [3.05, 3.63) is 36.3 Å². The zero-order valence-electron chi connectivity index (χ0n) is 17.0. The molecule has 1 aliphatic heterocycles. The quantitative estimate of drug-likeness (QED) is 0.783. The van der Waals surface area contributed by atoms with Gasteiger partial charge in [-0.25, -0.2) is 4.98 Å². The van der Waals surface area contributed by atoms with Crippen LogP contribution in [0.2, 0.25) is 0 Å². The molecule has 0 amide bonds. The third-order valence-electron chi connectivity index (χ3n) is 6.15. The Morgan fingerprint density at radius 1 is 1.21 bits per heavy atom. The predicted octanol–water partition coefficient (Wildman–Crippen LogP) is 3.15. The Morgan fingerprint density at radius 2 is 2.04 bits per heavy atom. The molecule has 1 atom stereocenters. The topological polar surface area (TPSA) is 68.1 Å². The van der Waals surface area contributed by atoms with Gasteiger partial charge in [-0.2, -0.15) is 0 Å². The molecule has 0 unspecified atom stereocenters. The summed E-state index contributed by atoms with van der Waals surface area (Å²) in [5.41, 5.74) is 4.48. The minimum absolute atomic E-state index is 0.518. The fourth-order valence-electron chi connectivity index (χ4n) is 4.05. The molecule has 0 bridgehead atoms. The third kappa shape index (κ3) is 3.87. The van der Waals surface area contributed by atoms with E-state index in [4.69, 9.17) is 10.4 Å². The summed E-state index contributed by atoms with van der Waals surface area (Å²) in [6.07, 6.45) is 7.43. The zero-order valence-corrected chi connectivity index (χ0v) is 17.0. The average molecular weight is 379 g/mol. The van der Waals surface area contributed by atoms with Crippen molar-refractivity contribution in [1.29, 1.82) is 5.41 Å². The second kappa shape index (κ2) is 7.87. The number of nitrogens with zero attached hydrogens (tertiary/aromatic N) is 4.